The second-order valence-electron chi connectivity index (χ2n) is 14.6. The van der Waals surface area contributed by atoms with E-state index in [9.17, 15) is 0 Å². The molecule has 266 valence electrons. The summed E-state index contributed by atoms with van der Waals surface area (Å²) in [5, 5.41) is 6.51. The Bertz CT molecular complexity index is 2620. The Labute approximate surface area is 324 Å². The minimum absolute atomic E-state index is 0.256. The van der Waals surface area contributed by atoms with Crippen molar-refractivity contribution in [2.75, 3.05) is 5.32 Å². The summed E-state index contributed by atoms with van der Waals surface area (Å²) in [6.45, 7) is 0. The molecule has 2 heteroatoms. The van der Waals surface area contributed by atoms with Gasteiger partial charge < -0.3 is 11.1 Å². The Morgan fingerprint density at radius 3 is 2.29 bits per heavy atom. The molecule has 6 aromatic rings. The number of anilines is 1. The van der Waals surface area contributed by atoms with Crippen LogP contribution in [0.2, 0.25) is 0 Å². The monoisotopic (exact) mass is 708 g/mol. The average molecular weight is 709 g/mol. The van der Waals surface area contributed by atoms with Crippen LogP contribution in [0.1, 0.15) is 52.6 Å². The maximum Gasteiger partial charge on any atom is 0.0490 e. The molecular formula is C53H44N2. The molecule has 0 spiro atoms. The van der Waals surface area contributed by atoms with Gasteiger partial charge in [-0.2, -0.15) is 0 Å². The highest BCUT2D eigenvalue weighted by Crippen LogP contribution is 2.46. The summed E-state index contributed by atoms with van der Waals surface area (Å²) < 4.78 is 0. The summed E-state index contributed by atoms with van der Waals surface area (Å²) in [6.07, 6.45) is 20.4. The van der Waals surface area contributed by atoms with Crippen LogP contribution in [0, 0.1) is 5.92 Å². The molecule has 0 aliphatic heterocycles. The van der Waals surface area contributed by atoms with Crippen LogP contribution in [-0.2, 0) is 0 Å². The first kappa shape index (κ1) is 34.3. The van der Waals surface area contributed by atoms with Gasteiger partial charge in [0.15, 0.2) is 0 Å². The largest absolute Gasteiger partial charge is 0.356 e. The number of allylic oxidation sites excluding steroid dienone is 6. The van der Waals surface area contributed by atoms with E-state index >= 15 is 0 Å². The molecular weight excluding hydrogens is 665 g/mol. The summed E-state index contributed by atoms with van der Waals surface area (Å²) in [4.78, 5) is 0. The van der Waals surface area contributed by atoms with Crippen molar-refractivity contribution in [1.82, 2.24) is 0 Å². The topological polar surface area (TPSA) is 38.0 Å². The van der Waals surface area contributed by atoms with E-state index in [0.29, 0.717) is 0 Å². The van der Waals surface area contributed by atoms with Gasteiger partial charge in [0.25, 0.3) is 0 Å². The molecule has 0 amide bonds. The fourth-order valence-corrected chi connectivity index (χ4v) is 8.44. The van der Waals surface area contributed by atoms with Crippen molar-refractivity contribution in [3.8, 4) is 11.1 Å². The highest BCUT2D eigenvalue weighted by atomic mass is 14.9. The van der Waals surface area contributed by atoms with Gasteiger partial charge >= 0.3 is 0 Å². The van der Waals surface area contributed by atoms with Crippen molar-refractivity contribution < 1.29 is 0 Å². The molecule has 3 unspecified atom stereocenters. The van der Waals surface area contributed by atoms with E-state index in [1.165, 1.54) is 49.5 Å². The normalized spacial score (nSPS) is 18.0. The molecule has 9 rings (SSSR count). The molecule has 0 fully saturated rings. The first-order valence-corrected chi connectivity index (χ1v) is 19.4. The fraction of sp³-hybridized carbons (Fsp3) is 0.0943. The Morgan fingerprint density at radius 2 is 1.44 bits per heavy atom. The number of hydrogen-bond acceptors (Lipinski definition) is 2. The van der Waals surface area contributed by atoms with Crippen LogP contribution in [0.4, 0.5) is 5.69 Å². The van der Waals surface area contributed by atoms with Crippen molar-refractivity contribution >= 4 is 35.1 Å². The van der Waals surface area contributed by atoms with E-state index in [1.54, 1.807) is 0 Å². The predicted molar refractivity (Wildman–Crippen MR) is 233 cm³/mol. The van der Waals surface area contributed by atoms with Gasteiger partial charge in [0, 0.05) is 29.3 Å². The highest BCUT2D eigenvalue weighted by molar-refractivity contribution is 5.82. The highest BCUT2D eigenvalue weighted by Gasteiger charge is 2.34. The number of fused-ring (bicyclic) bond motifs is 4. The first-order valence-electron chi connectivity index (χ1n) is 19.4. The van der Waals surface area contributed by atoms with E-state index in [2.05, 4.69) is 212 Å². The van der Waals surface area contributed by atoms with Crippen molar-refractivity contribution in [1.29, 1.82) is 0 Å². The molecule has 3 aliphatic carbocycles. The van der Waals surface area contributed by atoms with Gasteiger partial charge in [-0.25, -0.2) is 0 Å². The van der Waals surface area contributed by atoms with Gasteiger partial charge in [0.2, 0.25) is 0 Å². The third-order valence-corrected chi connectivity index (χ3v) is 11.2. The van der Waals surface area contributed by atoms with Crippen molar-refractivity contribution in [3.63, 3.8) is 0 Å². The molecule has 3 aliphatic rings. The zero-order chi connectivity index (χ0) is 37.0. The number of nitrogens with two attached hydrogens (primary N) is 1. The summed E-state index contributed by atoms with van der Waals surface area (Å²) >= 11 is 0. The Hall–Kier alpha value is -6.48. The lowest BCUT2D eigenvalue weighted by Gasteiger charge is -2.36. The van der Waals surface area contributed by atoms with Gasteiger partial charge in [0.05, 0.1) is 0 Å². The zero-order valence-corrected chi connectivity index (χ0v) is 30.9. The molecule has 2 nitrogen and oxygen atoms in total. The number of benzene rings is 6. The lowest BCUT2D eigenvalue weighted by atomic mass is 9.68. The van der Waals surface area contributed by atoms with Crippen LogP contribution in [0.15, 0.2) is 199 Å². The third-order valence-electron chi connectivity index (χ3n) is 11.2. The van der Waals surface area contributed by atoms with Crippen molar-refractivity contribution in [2.24, 2.45) is 11.7 Å². The second kappa shape index (κ2) is 15.5. The molecule has 0 saturated heterocycles. The minimum Gasteiger partial charge on any atom is -0.356 e. The van der Waals surface area contributed by atoms with Gasteiger partial charge in [0.1, 0.15) is 0 Å². The van der Waals surface area contributed by atoms with Crippen molar-refractivity contribution in [3.05, 3.63) is 238 Å². The second-order valence-corrected chi connectivity index (χ2v) is 14.6. The summed E-state index contributed by atoms with van der Waals surface area (Å²) in [7, 11) is 0. The lowest BCUT2D eigenvalue weighted by Crippen LogP contribution is -2.37. The van der Waals surface area contributed by atoms with Gasteiger partial charge in [-0.1, -0.05) is 182 Å². The lowest BCUT2D eigenvalue weighted by molar-refractivity contribution is 0.660. The number of hydrogen-bond donors (Lipinski definition) is 2. The van der Waals surface area contributed by atoms with Gasteiger partial charge in [-0.05, 0) is 103 Å². The van der Waals surface area contributed by atoms with Gasteiger partial charge in [-0.15, -0.1) is 0 Å². The summed E-state index contributed by atoms with van der Waals surface area (Å²) in [5.41, 5.74) is 21.6. The minimum atomic E-state index is -0.279. The average Bonchev–Trinajstić information content (AvgIpc) is 3.25. The molecule has 0 radical (unpaired) electrons. The quantitative estimate of drug-likeness (QED) is 0.147. The molecule has 0 aromatic heterocycles. The SMILES string of the molecule is NC(/C=C(\C=C\c1cccc(-c2ccccc2)c1)c1ccccc1)c1ccc(NC2=C(C3C=c4ccccc4=C4C=Cc5ccccc5C43)CCC=C2)cc1. The first-order chi connectivity index (χ1) is 27.2. The van der Waals surface area contributed by atoms with E-state index < -0.39 is 0 Å². The van der Waals surface area contributed by atoms with E-state index in [0.717, 1.165) is 40.8 Å². The summed E-state index contributed by atoms with van der Waals surface area (Å²) in [6, 6.07) is 55.8. The molecule has 0 heterocycles. The standard InChI is InChI=1S/C53H44N2/c54-51(36-43(39-17-5-2-6-18-39)27-26-37-14-13-21-42(34-37)38-15-3-1-4-16-38)41-28-31-45(32-29-41)55-52-25-12-11-24-48(52)50-35-44-20-8-9-22-46(44)49-33-30-40-19-7-10-23-47(40)53(49)50/h1-10,12-23,25-36,50-51,53,55H,11,24,54H2/b27-26+,43-36+. The Balaban J connectivity index is 0.994. The van der Waals surface area contributed by atoms with Gasteiger partial charge in [-0.3, -0.25) is 0 Å². The van der Waals surface area contributed by atoms with Crippen LogP contribution in [-0.4, -0.2) is 0 Å². The van der Waals surface area contributed by atoms with Crippen LogP contribution < -0.4 is 21.5 Å². The van der Waals surface area contributed by atoms with E-state index in [1.807, 2.05) is 0 Å². The van der Waals surface area contributed by atoms with Crippen LogP contribution in [0.5, 0.6) is 0 Å². The molecule has 55 heavy (non-hydrogen) atoms. The predicted octanol–water partition coefficient (Wildman–Crippen LogP) is 11.2. The third kappa shape index (κ3) is 7.25. The summed E-state index contributed by atoms with van der Waals surface area (Å²) in [5.74, 6) is 0.536. The molecule has 0 saturated carbocycles. The van der Waals surface area contributed by atoms with Crippen LogP contribution in [0.3, 0.4) is 0 Å². The molecule has 3 atom stereocenters. The smallest absolute Gasteiger partial charge is 0.0490 e. The molecule has 6 aromatic carbocycles. The van der Waals surface area contributed by atoms with Crippen LogP contribution >= 0.6 is 0 Å². The van der Waals surface area contributed by atoms with Crippen LogP contribution in [0.25, 0.3) is 40.5 Å². The fourth-order valence-electron chi connectivity index (χ4n) is 8.44. The zero-order valence-electron chi connectivity index (χ0n) is 30.9. The Morgan fingerprint density at radius 1 is 0.691 bits per heavy atom. The Kier molecular flexibility index (Phi) is 9.65. The molecule has 0 bridgehead atoms. The van der Waals surface area contributed by atoms with E-state index in [4.69, 9.17) is 5.73 Å². The number of rotatable bonds is 9. The number of nitrogens with one attached hydrogen (secondary N) is 1. The maximum atomic E-state index is 6.93. The van der Waals surface area contributed by atoms with E-state index in [-0.39, 0.29) is 17.9 Å². The molecule has 3 N–H and O–H groups in total. The maximum absolute atomic E-state index is 6.93. The van der Waals surface area contributed by atoms with Crippen molar-refractivity contribution in [2.45, 2.75) is 24.8 Å².